The van der Waals surface area contributed by atoms with Gasteiger partial charge >= 0.3 is 30.2 Å². The van der Waals surface area contributed by atoms with Gasteiger partial charge in [-0.3, -0.25) is 9.69 Å². The summed E-state index contributed by atoms with van der Waals surface area (Å²) in [6.07, 6.45) is -1.89. The highest BCUT2D eigenvalue weighted by atomic mass is 16.6. The molecule has 1 aromatic carbocycles. The Kier molecular flexibility index (Phi) is 12.8. The maximum atomic E-state index is 13.3. The van der Waals surface area contributed by atoms with Crippen LogP contribution < -0.4 is 0 Å². The summed E-state index contributed by atoms with van der Waals surface area (Å²) in [4.78, 5) is 69.8. The van der Waals surface area contributed by atoms with Gasteiger partial charge in [0.2, 0.25) is 0 Å². The first-order valence-electron chi connectivity index (χ1n) is 15.3. The molecule has 0 radical (unpaired) electrons. The first-order chi connectivity index (χ1) is 21.1. The van der Waals surface area contributed by atoms with Crippen molar-refractivity contribution in [2.45, 2.75) is 85.2 Å². The van der Waals surface area contributed by atoms with Gasteiger partial charge in [-0.25, -0.2) is 19.2 Å². The lowest BCUT2D eigenvalue weighted by Crippen LogP contribution is -2.52. The average Bonchev–Trinajstić information content (AvgIpc) is 2.87. The Morgan fingerprint density at radius 2 is 0.870 bits per heavy atom. The summed E-state index contributed by atoms with van der Waals surface area (Å²) in [7, 11) is 0. The van der Waals surface area contributed by atoms with E-state index in [9.17, 15) is 34.2 Å². The Morgan fingerprint density at radius 3 is 1.13 bits per heavy atom. The van der Waals surface area contributed by atoms with Gasteiger partial charge < -0.3 is 39.1 Å². The van der Waals surface area contributed by atoms with Crippen molar-refractivity contribution in [1.82, 2.24) is 19.6 Å². The second-order valence-corrected chi connectivity index (χ2v) is 14.1. The van der Waals surface area contributed by atoms with E-state index in [0.717, 1.165) is 0 Å². The quantitative estimate of drug-likeness (QED) is 0.439. The van der Waals surface area contributed by atoms with Crippen molar-refractivity contribution in [3.63, 3.8) is 0 Å². The van der Waals surface area contributed by atoms with Crippen LogP contribution in [0.3, 0.4) is 0 Å². The lowest BCUT2D eigenvalue weighted by Gasteiger charge is -2.37. The third-order valence-corrected chi connectivity index (χ3v) is 6.62. The van der Waals surface area contributed by atoms with E-state index in [1.54, 1.807) is 67.2 Å². The van der Waals surface area contributed by atoms with Gasteiger partial charge in [0.05, 0.1) is 5.56 Å². The number of benzene rings is 1. The molecular formula is C32H50N4O10. The molecule has 2 rings (SSSR count). The Hall–Kier alpha value is -4.07. The van der Waals surface area contributed by atoms with E-state index in [1.165, 1.54) is 39.0 Å². The van der Waals surface area contributed by atoms with Gasteiger partial charge in [0.25, 0.3) is 0 Å². The smallest absolute Gasteiger partial charge is 0.410 e. The number of nitrogens with zero attached hydrogens (tertiary/aromatic N) is 4. The highest BCUT2D eigenvalue weighted by Gasteiger charge is 2.33. The second kappa shape index (κ2) is 15.5. The van der Waals surface area contributed by atoms with Crippen LogP contribution in [0.2, 0.25) is 0 Å². The standard InChI is InChI=1S/C32H50N4O10/c1-30(2,3)44-27(41)34-16-14-33(24(26(39)40)22-10-12-23(13-11-22)25(37)38)15-17-35(28(42)45-31(4,5)6)19-21-36(20-18-34)29(43)46-32(7,8)9/h10-13,24H,14-21H2,1-9H3,(H,37,38)(H,39,40). The fourth-order valence-corrected chi connectivity index (χ4v) is 4.53. The summed E-state index contributed by atoms with van der Waals surface area (Å²) in [6.45, 7) is 15.9. The second-order valence-electron chi connectivity index (χ2n) is 14.1. The number of rotatable bonds is 4. The van der Waals surface area contributed by atoms with Gasteiger partial charge in [-0.15, -0.1) is 0 Å². The van der Waals surface area contributed by atoms with Gasteiger partial charge in [-0.2, -0.15) is 0 Å². The first-order valence-corrected chi connectivity index (χ1v) is 15.3. The van der Waals surface area contributed by atoms with Crippen LogP contribution in [0.4, 0.5) is 14.4 Å². The number of aromatic carboxylic acids is 1. The topological polar surface area (TPSA) is 166 Å². The van der Waals surface area contributed by atoms with Crippen LogP contribution in [0, 0.1) is 0 Å². The zero-order valence-electron chi connectivity index (χ0n) is 28.5. The zero-order chi connectivity index (χ0) is 35.0. The largest absolute Gasteiger partial charge is 0.480 e. The van der Waals surface area contributed by atoms with E-state index in [0.29, 0.717) is 5.56 Å². The molecule has 0 spiro atoms. The van der Waals surface area contributed by atoms with Crippen LogP contribution in [0.5, 0.6) is 0 Å². The number of hydrogen-bond donors (Lipinski definition) is 2. The summed E-state index contributed by atoms with van der Waals surface area (Å²) in [5, 5.41) is 19.7. The molecule has 1 aliphatic rings. The lowest BCUT2D eigenvalue weighted by atomic mass is 10.0. The molecule has 1 unspecified atom stereocenters. The molecule has 1 atom stereocenters. The van der Waals surface area contributed by atoms with Crippen molar-refractivity contribution in [2.24, 2.45) is 0 Å². The fraction of sp³-hybridized carbons (Fsp3) is 0.656. The SMILES string of the molecule is CC(C)(C)OC(=O)N1CCN(C(=O)OC(C)(C)C)CCN(C(C(=O)O)c2ccc(C(=O)O)cc2)CCN(C(=O)OC(C)(C)C)CC1. The minimum Gasteiger partial charge on any atom is -0.480 e. The number of aliphatic carboxylic acids is 1. The summed E-state index contributed by atoms with van der Waals surface area (Å²) >= 11 is 0. The predicted molar refractivity (Wildman–Crippen MR) is 169 cm³/mol. The van der Waals surface area contributed by atoms with Crippen LogP contribution >= 0.6 is 0 Å². The Labute approximate surface area is 271 Å². The first kappa shape index (κ1) is 38.1. The van der Waals surface area contributed by atoms with Crippen LogP contribution in [-0.4, -0.2) is 129 Å². The number of carbonyl (C=O) groups is 5. The minimum absolute atomic E-state index is 0.00308. The summed E-state index contributed by atoms with van der Waals surface area (Å²) in [5.41, 5.74) is -2.08. The molecule has 1 fully saturated rings. The van der Waals surface area contributed by atoms with Crippen molar-refractivity contribution in [1.29, 1.82) is 0 Å². The van der Waals surface area contributed by atoms with Crippen LogP contribution in [0.15, 0.2) is 24.3 Å². The van der Waals surface area contributed by atoms with E-state index in [2.05, 4.69) is 0 Å². The van der Waals surface area contributed by atoms with Gasteiger partial charge in [-0.05, 0) is 80.0 Å². The van der Waals surface area contributed by atoms with Gasteiger partial charge in [-0.1, -0.05) is 12.1 Å². The molecule has 1 aliphatic heterocycles. The number of carboxylic acids is 2. The number of carboxylic acid groups (broad SMARTS) is 2. The lowest BCUT2D eigenvalue weighted by molar-refractivity contribution is -0.143. The average molecular weight is 651 g/mol. The summed E-state index contributed by atoms with van der Waals surface area (Å²) in [6, 6.07) is 4.30. The number of hydrogen-bond acceptors (Lipinski definition) is 9. The number of ether oxygens (including phenoxy) is 3. The van der Waals surface area contributed by atoms with E-state index in [1.807, 2.05) is 0 Å². The molecular weight excluding hydrogens is 600 g/mol. The summed E-state index contributed by atoms with van der Waals surface area (Å²) in [5.74, 6) is -2.34. The Bertz CT molecular complexity index is 1190. The van der Waals surface area contributed by atoms with Crippen molar-refractivity contribution in [3.8, 4) is 0 Å². The molecule has 0 bridgehead atoms. The van der Waals surface area contributed by atoms with Gasteiger partial charge in [0, 0.05) is 52.4 Å². The van der Waals surface area contributed by atoms with E-state index in [-0.39, 0.29) is 57.9 Å². The van der Waals surface area contributed by atoms with Crippen LogP contribution in [0.1, 0.15) is 84.3 Å². The minimum atomic E-state index is -1.23. The maximum Gasteiger partial charge on any atom is 0.410 e. The van der Waals surface area contributed by atoms with Gasteiger partial charge in [0.1, 0.15) is 22.8 Å². The zero-order valence-corrected chi connectivity index (χ0v) is 28.5. The molecule has 0 aromatic heterocycles. The molecule has 0 aliphatic carbocycles. The molecule has 1 saturated heterocycles. The van der Waals surface area contributed by atoms with Crippen molar-refractivity contribution >= 4 is 30.2 Å². The maximum absolute atomic E-state index is 13.3. The third kappa shape index (κ3) is 12.7. The molecule has 14 nitrogen and oxygen atoms in total. The van der Waals surface area contributed by atoms with Crippen molar-refractivity contribution in [2.75, 3.05) is 52.4 Å². The molecule has 2 N–H and O–H groups in total. The normalized spacial score (nSPS) is 16.8. The number of carbonyl (C=O) groups excluding carboxylic acids is 3. The Balaban J connectivity index is 2.54. The molecule has 3 amide bonds. The molecule has 258 valence electrons. The highest BCUT2D eigenvalue weighted by Crippen LogP contribution is 2.23. The number of amides is 3. The molecule has 1 aromatic rings. The van der Waals surface area contributed by atoms with Gasteiger partial charge in [0.15, 0.2) is 0 Å². The molecule has 46 heavy (non-hydrogen) atoms. The highest BCUT2D eigenvalue weighted by molar-refractivity contribution is 5.87. The molecule has 1 heterocycles. The van der Waals surface area contributed by atoms with E-state index in [4.69, 9.17) is 14.2 Å². The fourth-order valence-electron chi connectivity index (χ4n) is 4.53. The van der Waals surface area contributed by atoms with Crippen molar-refractivity contribution in [3.05, 3.63) is 35.4 Å². The monoisotopic (exact) mass is 650 g/mol. The van der Waals surface area contributed by atoms with Crippen molar-refractivity contribution < 1.29 is 48.4 Å². The summed E-state index contributed by atoms with van der Waals surface area (Å²) < 4.78 is 16.9. The third-order valence-electron chi connectivity index (χ3n) is 6.62. The predicted octanol–water partition coefficient (Wildman–Crippen LogP) is 4.54. The van der Waals surface area contributed by atoms with Crippen LogP contribution in [0.25, 0.3) is 0 Å². The van der Waals surface area contributed by atoms with Crippen LogP contribution in [-0.2, 0) is 19.0 Å². The molecule has 0 saturated carbocycles. The van der Waals surface area contributed by atoms with E-state index >= 15 is 0 Å². The molecule has 14 heteroatoms. The van der Waals surface area contributed by atoms with E-state index < -0.39 is 53.1 Å². The Morgan fingerprint density at radius 1 is 0.565 bits per heavy atom.